The van der Waals surface area contributed by atoms with Crippen molar-refractivity contribution in [3.05, 3.63) is 60.2 Å². The van der Waals surface area contributed by atoms with Gasteiger partial charge in [0.2, 0.25) is 0 Å². The molecule has 1 atom stereocenters. The SMILES string of the molecule is O=C(Nc1ccc(N2CCCCCC2)cc1)C1=NO[C@H](c2ccccc2)C1. The molecule has 2 heterocycles. The van der Waals surface area contributed by atoms with Gasteiger partial charge in [-0.2, -0.15) is 0 Å². The minimum absolute atomic E-state index is 0.183. The summed E-state index contributed by atoms with van der Waals surface area (Å²) in [5.74, 6) is -0.198. The summed E-state index contributed by atoms with van der Waals surface area (Å²) >= 11 is 0. The number of carbonyl (C=O) groups excluding carboxylic acids is 1. The summed E-state index contributed by atoms with van der Waals surface area (Å²) in [6.45, 7) is 2.22. The fourth-order valence-corrected chi connectivity index (χ4v) is 3.65. The van der Waals surface area contributed by atoms with Crippen molar-refractivity contribution in [1.29, 1.82) is 0 Å². The van der Waals surface area contributed by atoms with E-state index < -0.39 is 0 Å². The van der Waals surface area contributed by atoms with Crippen LogP contribution in [0.5, 0.6) is 0 Å². The quantitative estimate of drug-likeness (QED) is 0.869. The van der Waals surface area contributed by atoms with Gasteiger partial charge in [-0.15, -0.1) is 0 Å². The average molecular weight is 363 g/mol. The molecule has 0 aliphatic carbocycles. The highest BCUT2D eigenvalue weighted by atomic mass is 16.6. The number of amides is 1. The van der Waals surface area contributed by atoms with E-state index in [9.17, 15) is 4.79 Å². The van der Waals surface area contributed by atoms with Crippen LogP contribution in [-0.2, 0) is 9.63 Å². The van der Waals surface area contributed by atoms with Crippen LogP contribution < -0.4 is 10.2 Å². The van der Waals surface area contributed by atoms with Gasteiger partial charge < -0.3 is 15.1 Å². The lowest BCUT2D eigenvalue weighted by Crippen LogP contribution is -2.24. The fraction of sp³-hybridized carbons (Fsp3) is 0.364. The Hall–Kier alpha value is -2.82. The molecule has 0 unspecified atom stereocenters. The number of hydrogen-bond acceptors (Lipinski definition) is 4. The van der Waals surface area contributed by atoms with Crippen molar-refractivity contribution in [2.75, 3.05) is 23.3 Å². The van der Waals surface area contributed by atoms with Gasteiger partial charge in [0, 0.05) is 30.9 Å². The summed E-state index contributed by atoms with van der Waals surface area (Å²) in [6.07, 6.45) is 5.44. The second-order valence-electron chi connectivity index (χ2n) is 7.15. The summed E-state index contributed by atoms with van der Waals surface area (Å²) in [6, 6.07) is 18.0. The number of rotatable bonds is 4. The molecule has 0 saturated carbocycles. The van der Waals surface area contributed by atoms with E-state index in [1.807, 2.05) is 42.5 Å². The van der Waals surface area contributed by atoms with Gasteiger partial charge >= 0.3 is 0 Å². The topological polar surface area (TPSA) is 53.9 Å². The molecule has 0 aromatic heterocycles. The van der Waals surface area contributed by atoms with Gasteiger partial charge in [0.15, 0.2) is 6.10 Å². The van der Waals surface area contributed by atoms with Crippen LogP contribution >= 0.6 is 0 Å². The molecule has 1 amide bonds. The third kappa shape index (κ3) is 4.30. The van der Waals surface area contributed by atoms with Crippen molar-refractivity contribution >= 4 is 23.0 Å². The number of oxime groups is 1. The molecule has 1 saturated heterocycles. The van der Waals surface area contributed by atoms with E-state index in [2.05, 4.69) is 27.5 Å². The monoisotopic (exact) mass is 363 g/mol. The van der Waals surface area contributed by atoms with E-state index in [1.165, 1.54) is 31.4 Å². The first-order valence-electron chi connectivity index (χ1n) is 9.73. The van der Waals surface area contributed by atoms with E-state index in [4.69, 9.17) is 4.84 Å². The summed E-state index contributed by atoms with van der Waals surface area (Å²) in [5.41, 5.74) is 3.47. The van der Waals surface area contributed by atoms with E-state index in [-0.39, 0.29) is 12.0 Å². The van der Waals surface area contributed by atoms with Crippen LogP contribution in [0.2, 0.25) is 0 Å². The van der Waals surface area contributed by atoms with E-state index >= 15 is 0 Å². The lowest BCUT2D eigenvalue weighted by atomic mass is 10.0. The van der Waals surface area contributed by atoms with E-state index in [0.29, 0.717) is 12.1 Å². The Labute approximate surface area is 160 Å². The van der Waals surface area contributed by atoms with Crippen LogP contribution in [-0.4, -0.2) is 24.7 Å². The third-order valence-corrected chi connectivity index (χ3v) is 5.20. The standard InChI is InChI=1S/C22H25N3O2/c26-22(20-16-21(27-24-20)17-8-4-3-5-9-17)23-18-10-12-19(13-11-18)25-14-6-1-2-7-15-25/h3-5,8-13,21H,1-2,6-7,14-16H2,(H,23,26)/t21-/m0/s1. The predicted octanol–water partition coefficient (Wildman–Crippen LogP) is 4.52. The minimum atomic E-state index is -0.198. The minimum Gasteiger partial charge on any atom is -0.387 e. The average Bonchev–Trinajstić information content (AvgIpc) is 3.06. The maximum absolute atomic E-state index is 12.5. The van der Waals surface area contributed by atoms with Gasteiger partial charge in [0.1, 0.15) is 5.71 Å². The first kappa shape index (κ1) is 17.6. The second-order valence-corrected chi connectivity index (χ2v) is 7.15. The predicted molar refractivity (Wildman–Crippen MR) is 108 cm³/mol. The number of nitrogens with one attached hydrogen (secondary N) is 1. The highest BCUT2D eigenvalue weighted by Gasteiger charge is 2.27. The Morgan fingerprint density at radius 1 is 0.963 bits per heavy atom. The number of anilines is 2. The molecule has 2 aliphatic heterocycles. The van der Waals surface area contributed by atoms with E-state index in [1.54, 1.807) is 0 Å². The molecule has 0 spiro atoms. The summed E-state index contributed by atoms with van der Waals surface area (Å²) in [5, 5.41) is 6.92. The van der Waals surface area contributed by atoms with Crippen LogP contribution in [0.1, 0.15) is 43.8 Å². The molecule has 1 N–H and O–H groups in total. The second kappa shape index (κ2) is 8.25. The summed E-state index contributed by atoms with van der Waals surface area (Å²) in [7, 11) is 0. The Balaban J connectivity index is 1.34. The van der Waals surface area contributed by atoms with Crippen LogP contribution in [0.3, 0.4) is 0 Å². The molecule has 27 heavy (non-hydrogen) atoms. The zero-order chi connectivity index (χ0) is 18.5. The van der Waals surface area contributed by atoms with E-state index in [0.717, 1.165) is 24.3 Å². The maximum Gasteiger partial charge on any atom is 0.273 e. The van der Waals surface area contributed by atoms with Gasteiger partial charge in [-0.25, -0.2) is 0 Å². The molecule has 1 fully saturated rings. The zero-order valence-electron chi connectivity index (χ0n) is 15.4. The molecule has 5 nitrogen and oxygen atoms in total. The molecule has 0 bridgehead atoms. The van der Waals surface area contributed by atoms with Crippen LogP contribution in [0.25, 0.3) is 0 Å². The van der Waals surface area contributed by atoms with Crippen molar-refractivity contribution in [1.82, 2.24) is 0 Å². The lowest BCUT2D eigenvalue weighted by Gasteiger charge is -2.22. The van der Waals surface area contributed by atoms with Gasteiger partial charge in [-0.05, 0) is 42.7 Å². The number of carbonyl (C=O) groups is 1. The first-order chi connectivity index (χ1) is 13.3. The van der Waals surface area contributed by atoms with Crippen LogP contribution in [0.4, 0.5) is 11.4 Å². The molecule has 2 aromatic rings. The largest absolute Gasteiger partial charge is 0.387 e. The van der Waals surface area contributed by atoms with Crippen LogP contribution in [0.15, 0.2) is 59.8 Å². The number of benzene rings is 2. The number of nitrogens with zero attached hydrogens (tertiary/aromatic N) is 2. The molecule has 5 heteroatoms. The Morgan fingerprint density at radius 2 is 1.67 bits per heavy atom. The molecule has 2 aliphatic rings. The molecule has 2 aromatic carbocycles. The Morgan fingerprint density at radius 3 is 2.37 bits per heavy atom. The molecule has 4 rings (SSSR count). The number of hydrogen-bond donors (Lipinski definition) is 1. The zero-order valence-corrected chi connectivity index (χ0v) is 15.4. The maximum atomic E-state index is 12.5. The van der Waals surface area contributed by atoms with Gasteiger partial charge in [0.25, 0.3) is 5.91 Å². The smallest absolute Gasteiger partial charge is 0.273 e. The lowest BCUT2D eigenvalue weighted by molar-refractivity contribution is -0.110. The fourth-order valence-electron chi connectivity index (χ4n) is 3.65. The van der Waals surface area contributed by atoms with Gasteiger partial charge in [-0.3, -0.25) is 4.79 Å². The normalized spacial score (nSPS) is 19.8. The van der Waals surface area contributed by atoms with Gasteiger partial charge in [-0.1, -0.05) is 48.3 Å². The van der Waals surface area contributed by atoms with Crippen molar-refractivity contribution in [3.8, 4) is 0 Å². The first-order valence-corrected chi connectivity index (χ1v) is 9.73. The molecular weight excluding hydrogens is 338 g/mol. The molecular formula is C22H25N3O2. The van der Waals surface area contributed by atoms with Crippen molar-refractivity contribution in [2.24, 2.45) is 5.16 Å². The highest BCUT2D eigenvalue weighted by molar-refractivity contribution is 6.43. The molecule has 140 valence electrons. The van der Waals surface area contributed by atoms with Crippen molar-refractivity contribution in [2.45, 2.75) is 38.2 Å². The Bertz CT molecular complexity index is 794. The van der Waals surface area contributed by atoms with Gasteiger partial charge in [0.05, 0.1) is 0 Å². The van der Waals surface area contributed by atoms with Crippen molar-refractivity contribution < 1.29 is 9.63 Å². The Kier molecular flexibility index (Phi) is 5.37. The summed E-state index contributed by atoms with van der Waals surface area (Å²) in [4.78, 5) is 20.4. The van der Waals surface area contributed by atoms with Crippen molar-refractivity contribution in [3.63, 3.8) is 0 Å². The molecule has 0 radical (unpaired) electrons. The summed E-state index contributed by atoms with van der Waals surface area (Å²) < 4.78 is 0. The highest BCUT2D eigenvalue weighted by Crippen LogP contribution is 2.27. The van der Waals surface area contributed by atoms with Crippen LogP contribution in [0, 0.1) is 0 Å². The third-order valence-electron chi connectivity index (χ3n) is 5.20.